The molecule has 2 heterocycles. The van der Waals surface area contributed by atoms with Crippen LogP contribution in [0, 0.1) is 27.4 Å². The predicted octanol–water partition coefficient (Wildman–Crippen LogP) is 1.55. The van der Waals surface area contributed by atoms with Crippen molar-refractivity contribution in [1.29, 1.82) is 5.26 Å². The molecule has 1 aromatic heterocycles. The summed E-state index contributed by atoms with van der Waals surface area (Å²) in [6.07, 6.45) is 1.62. The standard InChI is InChI=1S/C13H14N4O4/c14-8-10-11(17(20)21)1-2-12(15-10)16-5-3-9(4-6-16)7-13(18)19/h1-2,9H,3-7H2,(H,18,19). The lowest BCUT2D eigenvalue weighted by molar-refractivity contribution is -0.385. The first kappa shape index (κ1) is 14.7. The third-order valence-electron chi connectivity index (χ3n) is 3.56. The van der Waals surface area contributed by atoms with Crippen molar-refractivity contribution in [2.75, 3.05) is 18.0 Å². The molecular formula is C13H14N4O4. The van der Waals surface area contributed by atoms with Gasteiger partial charge in [-0.1, -0.05) is 0 Å². The molecule has 1 saturated heterocycles. The van der Waals surface area contributed by atoms with E-state index in [0.717, 1.165) is 12.8 Å². The van der Waals surface area contributed by atoms with Crippen LogP contribution in [0.1, 0.15) is 25.0 Å². The van der Waals surface area contributed by atoms with E-state index in [2.05, 4.69) is 4.98 Å². The van der Waals surface area contributed by atoms with Gasteiger partial charge in [-0.15, -0.1) is 0 Å². The molecule has 0 saturated carbocycles. The number of hydrogen-bond donors (Lipinski definition) is 1. The molecule has 0 bridgehead atoms. The van der Waals surface area contributed by atoms with Gasteiger partial charge in [0.1, 0.15) is 11.9 Å². The first-order chi connectivity index (χ1) is 10.0. The van der Waals surface area contributed by atoms with Gasteiger partial charge in [0.05, 0.1) is 4.92 Å². The van der Waals surface area contributed by atoms with E-state index in [9.17, 15) is 14.9 Å². The Balaban J connectivity index is 2.09. The number of rotatable bonds is 4. The van der Waals surface area contributed by atoms with Gasteiger partial charge in [-0.2, -0.15) is 5.26 Å². The van der Waals surface area contributed by atoms with E-state index >= 15 is 0 Å². The smallest absolute Gasteiger partial charge is 0.305 e. The third-order valence-corrected chi connectivity index (χ3v) is 3.56. The SMILES string of the molecule is N#Cc1nc(N2CCC(CC(=O)O)CC2)ccc1[N+](=O)[O-]. The number of aliphatic carboxylic acids is 1. The van der Waals surface area contributed by atoms with Crippen molar-refractivity contribution in [3.8, 4) is 6.07 Å². The molecule has 1 aromatic rings. The van der Waals surface area contributed by atoms with Crippen molar-refractivity contribution in [3.05, 3.63) is 27.9 Å². The fourth-order valence-corrected chi connectivity index (χ4v) is 2.46. The summed E-state index contributed by atoms with van der Waals surface area (Å²) in [6.45, 7) is 1.27. The van der Waals surface area contributed by atoms with Crippen LogP contribution in [0.25, 0.3) is 0 Å². The van der Waals surface area contributed by atoms with Crippen LogP contribution in [0.4, 0.5) is 11.5 Å². The number of hydrogen-bond acceptors (Lipinski definition) is 6. The van der Waals surface area contributed by atoms with Crippen molar-refractivity contribution in [3.63, 3.8) is 0 Å². The van der Waals surface area contributed by atoms with Crippen molar-refractivity contribution in [2.24, 2.45) is 5.92 Å². The lowest BCUT2D eigenvalue weighted by Gasteiger charge is -2.32. The van der Waals surface area contributed by atoms with Gasteiger partial charge in [-0.05, 0) is 24.8 Å². The Morgan fingerprint density at radius 3 is 2.71 bits per heavy atom. The number of piperidine rings is 1. The quantitative estimate of drug-likeness (QED) is 0.659. The fraction of sp³-hybridized carbons (Fsp3) is 0.462. The zero-order valence-corrected chi connectivity index (χ0v) is 11.2. The van der Waals surface area contributed by atoms with Crippen LogP contribution in [0.3, 0.4) is 0 Å². The molecule has 110 valence electrons. The molecule has 1 aliphatic rings. The number of pyridine rings is 1. The molecule has 0 spiro atoms. The average Bonchev–Trinajstić information content (AvgIpc) is 2.46. The lowest BCUT2D eigenvalue weighted by Crippen LogP contribution is -2.35. The Hall–Kier alpha value is -2.69. The molecule has 0 aliphatic carbocycles. The summed E-state index contributed by atoms with van der Waals surface area (Å²) < 4.78 is 0. The lowest BCUT2D eigenvalue weighted by atomic mass is 9.93. The predicted molar refractivity (Wildman–Crippen MR) is 72.8 cm³/mol. The molecule has 0 unspecified atom stereocenters. The van der Waals surface area contributed by atoms with Gasteiger partial charge in [0.25, 0.3) is 0 Å². The number of anilines is 1. The number of aromatic nitrogens is 1. The zero-order chi connectivity index (χ0) is 15.4. The van der Waals surface area contributed by atoms with Crippen LogP contribution >= 0.6 is 0 Å². The number of nitriles is 1. The molecule has 1 fully saturated rings. The minimum Gasteiger partial charge on any atom is -0.481 e. The van der Waals surface area contributed by atoms with E-state index in [1.54, 1.807) is 6.07 Å². The Morgan fingerprint density at radius 2 is 2.19 bits per heavy atom. The van der Waals surface area contributed by atoms with E-state index in [1.165, 1.54) is 12.1 Å². The Labute approximate surface area is 120 Å². The average molecular weight is 290 g/mol. The minimum absolute atomic E-state index is 0.146. The fourth-order valence-electron chi connectivity index (χ4n) is 2.46. The summed E-state index contributed by atoms with van der Waals surface area (Å²) in [6, 6.07) is 4.54. The Morgan fingerprint density at radius 1 is 1.52 bits per heavy atom. The van der Waals surface area contributed by atoms with Crippen LogP contribution in [0.2, 0.25) is 0 Å². The van der Waals surface area contributed by atoms with E-state index in [4.69, 9.17) is 10.4 Å². The van der Waals surface area contributed by atoms with Crippen LogP contribution < -0.4 is 4.90 Å². The maximum atomic E-state index is 10.8. The van der Waals surface area contributed by atoms with Crippen molar-refractivity contribution in [1.82, 2.24) is 4.98 Å². The van der Waals surface area contributed by atoms with Crippen LogP contribution in [-0.4, -0.2) is 34.1 Å². The second kappa shape index (κ2) is 6.17. The molecule has 0 amide bonds. The maximum absolute atomic E-state index is 10.8. The summed E-state index contributed by atoms with van der Waals surface area (Å²) in [5.74, 6) is -0.133. The van der Waals surface area contributed by atoms with Gasteiger partial charge in [-0.3, -0.25) is 14.9 Å². The van der Waals surface area contributed by atoms with Gasteiger partial charge in [0.15, 0.2) is 0 Å². The van der Waals surface area contributed by atoms with E-state index in [0.29, 0.717) is 18.9 Å². The largest absolute Gasteiger partial charge is 0.481 e. The van der Waals surface area contributed by atoms with Crippen molar-refractivity contribution in [2.45, 2.75) is 19.3 Å². The third kappa shape index (κ3) is 3.45. The highest BCUT2D eigenvalue weighted by molar-refractivity contribution is 5.67. The normalized spacial score (nSPS) is 15.5. The van der Waals surface area contributed by atoms with E-state index in [1.807, 2.05) is 4.90 Å². The Bertz CT molecular complexity index is 603. The van der Waals surface area contributed by atoms with Gasteiger partial charge >= 0.3 is 11.7 Å². The van der Waals surface area contributed by atoms with Gasteiger partial charge in [0, 0.05) is 25.6 Å². The van der Waals surface area contributed by atoms with E-state index in [-0.39, 0.29) is 23.7 Å². The van der Waals surface area contributed by atoms with Gasteiger partial charge < -0.3 is 10.0 Å². The topological polar surface area (TPSA) is 120 Å². The van der Waals surface area contributed by atoms with Gasteiger partial charge in [0.2, 0.25) is 5.69 Å². The van der Waals surface area contributed by atoms with Crippen LogP contribution in [-0.2, 0) is 4.79 Å². The van der Waals surface area contributed by atoms with Crippen LogP contribution in [0.15, 0.2) is 12.1 Å². The van der Waals surface area contributed by atoms with E-state index < -0.39 is 10.9 Å². The molecule has 0 atom stereocenters. The van der Waals surface area contributed by atoms with Crippen LogP contribution in [0.5, 0.6) is 0 Å². The number of carboxylic acids is 1. The summed E-state index contributed by atoms with van der Waals surface area (Å²) in [4.78, 5) is 26.8. The molecule has 2 rings (SSSR count). The number of carboxylic acid groups (broad SMARTS) is 1. The monoisotopic (exact) mass is 290 g/mol. The van der Waals surface area contributed by atoms with Crippen molar-refractivity contribution < 1.29 is 14.8 Å². The second-order valence-electron chi connectivity index (χ2n) is 4.93. The molecule has 0 radical (unpaired) electrons. The molecule has 1 aliphatic heterocycles. The summed E-state index contributed by atoms with van der Waals surface area (Å²) in [5, 5.41) is 28.5. The highest BCUT2D eigenvalue weighted by Gasteiger charge is 2.24. The highest BCUT2D eigenvalue weighted by atomic mass is 16.6. The minimum atomic E-state index is -0.798. The molecule has 8 heteroatoms. The van der Waals surface area contributed by atoms with Gasteiger partial charge in [-0.25, -0.2) is 4.98 Å². The molecule has 1 N–H and O–H groups in total. The number of carbonyl (C=O) groups is 1. The number of nitrogens with zero attached hydrogens (tertiary/aromatic N) is 4. The second-order valence-corrected chi connectivity index (χ2v) is 4.93. The summed E-state index contributed by atoms with van der Waals surface area (Å²) in [7, 11) is 0. The molecule has 21 heavy (non-hydrogen) atoms. The molecular weight excluding hydrogens is 276 g/mol. The summed E-state index contributed by atoms with van der Waals surface area (Å²) in [5.41, 5.74) is -0.507. The maximum Gasteiger partial charge on any atom is 0.305 e. The Kier molecular flexibility index (Phi) is 4.33. The molecule has 0 aromatic carbocycles. The summed E-state index contributed by atoms with van der Waals surface area (Å²) >= 11 is 0. The highest BCUT2D eigenvalue weighted by Crippen LogP contribution is 2.26. The first-order valence-electron chi connectivity index (χ1n) is 6.53. The first-order valence-corrected chi connectivity index (χ1v) is 6.53. The number of nitro groups is 1. The zero-order valence-electron chi connectivity index (χ0n) is 11.2. The van der Waals surface area contributed by atoms with Crippen molar-refractivity contribution >= 4 is 17.5 Å². The molecule has 8 nitrogen and oxygen atoms in total.